The standard InChI is InChI=1S/C13H24N2O4S/c1-5-14-9-12-10(2)19-11(3)13(12)20(16,17)15-7-6-8-18-4/h14-15H,5-9H2,1-4H3. The minimum Gasteiger partial charge on any atom is -0.465 e. The minimum atomic E-state index is -3.55. The van der Waals surface area contributed by atoms with Crippen LogP contribution in [0.15, 0.2) is 9.31 Å². The summed E-state index contributed by atoms with van der Waals surface area (Å²) < 4.78 is 37.7. The molecule has 7 heteroatoms. The van der Waals surface area contributed by atoms with Crippen molar-refractivity contribution < 1.29 is 17.6 Å². The zero-order valence-corrected chi connectivity index (χ0v) is 13.4. The first-order valence-electron chi connectivity index (χ1n) is 6.72. The predicted molar refractivity (Wildman–Crippen MR) is 77.2 cm³/mol. The molecular weight excluding hydrogens is 280 g/mol. The lowest BCUT2D eigenvalue weighted by Crippen LogP contribution is -2.27. The van der Waals surface area contributed by atoms with Crippen LogP contribution in [0.2, 0.25) is 0 Å². The van der Waals surface area contributed by atoms with Crippen molar-refractivity contribution in [3.8, 4) is 0 Å². The molecule has 0 saturated heterocycles. The number of hydrogen-bond acceptors (Lipinski definition) is 5. The summed E-state index contributed by atoms with van der Waals surface area (Å²) >= 11 is 0. The first kappa shape index (κ1) is 17.2. The molecule has 1 aromatic heterocycles. The molecule has 0 amide bonds. The fourth-order valence-corrected chi connectivity index (χ4v) is 3.53. The molecule has 1 heterocycles. The number of methoxy groups -OCH3 is 1. The molecule has 1 aromatic rings. The summed E-state index contributed by atoms with van der Waals surface area (Å²) in [6.07, 6.45) is 0.633. The van der Waals surface area contributed by atoms with Gasteiger partial charge in [0.2, 0.25) is 10.0 Å². The van der Waals surface area contributed by atoms with E-state index >= 15 is 0 Å². The summed E-state index contributed by atoms with van der Waals surface area (Å²) in [5.41, 5.74) is 0.698. The molecule has 0 aliphatic carbocycles. The Morgan fingerprint density at radius 2 is 1.95 bits per heavy atom. The number of sulfonamides is 1. The summed E-state index contributed by atoms with van der Waals surface area (Å²) in [6, 6.07) is 0. The van der Waals surface area contributed by atoms with Gasteiger partial charge in [-0.15, -0.1) is 0 Å². The van der Waals surface area contributed by atoms with Crippen LogP contribution < -0.4 is 10.0 Å². The first-order valence-corrected chi connectivity index (χ1v) is 8.20. The van der Waals surface area contributed by atoms with E-state index in [4.69, 9.17) is 9.15 Å². The van der Waals surface area contributed by atoms with Crippen molar-refractivity contribution in [1.29, 1.82) is 0 Å². The van der Waals surface area contributed by atoms with Gasteiger partial charge in [0.15, 0.2) is 0 Å². The highest BCUT2D eigenvalue weighted by molar-refractivity contribution is 7.89. The quantitative estimate of drug-likeness (QED) is 0.673. The second kappa shape index (κ2) is 7.78. The van der Waals surface area contributed by atoms with Gasteiger partial charge in [0, 0.05) is 32.4 Å². The summed E-state index contributed by atoms with van der Waals surface area (Å²) in [6.45, 7) is 7.55. The van der Waals surface area contributed by atoms with E-state index in [0.29, 0.717) is 43.2 Å². The molecule has 0 radical (unpaired) electrons. The van der Waals surface area contributed by atoms with Gasteiger partial charge in [-0.05, 0) is 26.8 Å². The summed E-state index contributed by atoms with van der Waals surface area (Å²) in [4.78, 5) is 0.258. The van der Waals surface area contributed by atoms with Gasteiger partial charge in [-0.1, -0.05) is 6.92 Å². The Kier molecular flexibility index (Phi) is 6.67. The van der Waals surface area contributed by atoms with E-state index in [1.165, 1.54) is 0 Å². The minimum absolute atomic E-state index is 0.258. The van der Waals surface area contributed by atoms with Crippen molar-refractivity contribution in [2.45, 2.75) is 38.6 Å². The summed E-state index contributed by atoms with van der Waals surface area (Å²) in [5, 5.41) is 3.14. The molecule has 0 fully saturated rings. The number of ether oxygens (including phenoxy) is 1. The fraction of sp³-hybridized carbons (Fsp3) is 0.692. The predicted octanol–water partition coefficient (Wildman–Crippen LogP) is 1.32. The lowest BCUT2D eigenvalue weighted by Gasteiger charge is -2.08. The highest BCUT2D eigenvalue weighted by Crippen LogP contribution is 2.26. The molecular formula is C13H24N2O4S. The van der Waals surface area contributed by atoms with Crippen LogP contribution >= 0.6 is 0 Å². The molecule has 6 nitrogen and oxygen atoms in total. The van der Waals surface area contributed by atoms with Crippen LogP contribution in [0.25, 0.3) is 0 Å². The number of nitrogens with one attached hydrogen (secondary N) is 2. The Morgan fingerprint density at radius 1 is 1.25 bits per heavy atom. The third-order valence-electron chi connectivity index (χ3n) is 2.96. The van der Waals surface area contributed by atoms with Gasteiger partial charge in [-0.3, -0.25) is 0 Å². The zero-order chi connectivity index (χ0) is 15.2. The van der Waals surface area contributed by atoms with Crippen LogP contribution in [0.1, 0.15) is 30.4 Å². The van der Waals surface area contributed by atoms with E-state index in [1.807, 2.05) is 6.92 Å². The van der Waals surface area contributed by atoms with Crippen LogP contribution in [-0.4, -0.2) is 35.2 Å². The lowest BCUT2D eigenvalue weighted by atomic mass is 10.2. The average Bonchev–Trinajstić information content (AvgIpc) is 2.67. The fourth-order valence-electron chi connectivity index (χ4n) is 2.01. The largest absolute Gasteiger partial charge is 0.465 e. The van der Waals surface area contributed by atoms with E-state index in [0.717, 1.165) is 6.54 Å². The Hall–Kier alpha value is -0.890. The molecule has 0 saturated carbocycles. The third-order valence-corrected chi connectivity index (χ3v) is 4.62. The highest BCUT2D eigenvalue weighted by Gasteiger charge is 2.26. The maximum atomic E-state index is 12.4. The van der Waals surface area contributed by atoms with Crippen molar-refractivity contribution in [1.82, 2.24) is 10.0 Å². The molecule has 116 valence electrons. The van der Waals surface area contributed by atoms with E-state index in [1.54, 1.807) is 21.0 Å². The van der Waals surface area contributed by atoms with Gasteiger partial charge in [0.25, 0.3) is 0 Å². The topological polar surface area (TPSA) is 80.6 Å². The normalized spacial score (nSPS) is 12.0. The monoisotopic (exact) mass is 304 g/mol. The Bertz CT molecular complexity index is 523. The smallest absolute Gasteiger partial charge is 0.244 e. The molecule has 20 heavy (non-hydrogen) atoms. The van der Waals surface area contributed by atoms with E-state index in [-0.39, 0.29) is 4.90 Å². The third kappa shape index (κ3) is 4.31. The Labute approximate surface area is 120 Å². The van der Waals surface area contributed by atoms with Crippen LogP contribution in [-0.2, 0) is 21.3 Å². The Morgan fingerprint density at radius 3 is 2.55 bits per heavy atom. The van der Waals surface area contributed by atoms with Gasteiger partial charge < -0.3 is 14.5 Å². The molecule has 2 N–H and O–H groups in total. The maximum Gasteiger partial charge on any atom is 0.244 e. The molecule has 0 bridgehead atoms. The number of hydrogen-bond donors (Lipinski definition) is 2. The van der Waals surface area contributed by atoms with Crippen molar-refractivity contribution in [2.75, 3.05) is 26.8 Å². The maximum absolute atomic E-state index is 12.4. The van der Waals surface area contributed by atoms with E-state index in [9.17, 15) is 8.42 Å². The molecule has 0 atom stereocenters. The van der Waals surface area contributed by atoms with Crippen LogP contribution in [0.4, 0.5) is 0 Å². The number of rotatable bonds is 9. The van der Waals surface area contributed by atoms with Gasteiger partial charge in [0.1, 0.15) is 16.4 Å². The first-order chi connectivity index (χ1) is 9.44. The van der Waals surface area contributed by atoms with Crippen LogP contribution in [0.5, 0.6) is 0 Å². The molecule has 0 spiro atoms. The van der Waals surface area contributed by atoms with Crippen LogP contribution in [0.3, 0.4) is 0 Å². The van der Waals surface area contributed by atoms with E-state index < -0.39 is 10.0 Å². The van der Waals surface area contributed by atoms with Crippen molar-refractivity contribution >= 4 is 10.0 Å². The molecule has 0 unspecified atom stereocenters. The van der Waals surface area contributed by atoms with Crippen molar-refractivity contribution in [3.63, 3.8) is 0 Å². The van der Waals surface area contributed by atoms with Crippen LogP contribution in [0, 0.1) is 13.8 Å². The lowest BCUT2D eigenvalue weighted by molar-refractivity contribution is 0.196. The average molecular weight is 304 g/mol. The molecule has 0 aliphatic heterocycles. The SMILES string of the molecule is CCNCc1c(C)oc(C)c1S(=O)(=O)NCCCOC. The molecule has 0 aromatic carbocycles. The molecule has 0 aliphatic rings. The van der Waals surface area contributed by atoms with Crippen molar-refractivity contribution in [3.05, 3.63) is 17.1 Å². The Balaban J connectivity index is 2.92. The number of aryl methyl sites for hydroxylation is 2. The summed E-state index contributed by atoms with van der Waals surface area (Å²) in [5.74, 6) is 1.07. The van der Waals surface area contributed by atoms with E-state index in [2.05, 4.69) is 10.0 Å². The zero-order valence-electron chi connectivity index (χ0n) is 12.6. The summed E-state index contributed by atoms with van der Waals surface area (Å²) in [7, 11) is -1.96. The van der Waals surface area contributed by atoms with Gasteiger partial charge in [-0.25, -0.2) is 13.1 Å². The van der Waals surface area contributed by atoms with Gasteiger partial charge in [-0.2, -0.15) is 0 Å². The van der Waals surface area contributed by atoms with Crippen molar-refractivity contribution in [2.24, 2.45) is 0 Å². The van der Waals surface area contributed by atoms with Gasteiger partial charge >= 0.3 is 0 Å². The number of furan rings is 1. The second-order valence-corrected chi connectivity index (χ2v) is 6.25. The highest BCUT2D eigenvalue weighted by atomic mass is 32.2. The molecule has 1 rings (SSSR count). The van der Waals surface area contributed by atoms with Gasteiger partial charge in [0.05, 0.1) is 0 Å². The second-order valence-electron chi connectivity index (χ2n) is 4.55.